The van der Waals surface area contributed by atoms with Crippen LogP contribution in [0.4, 0.5) is 0 Å². The van der Waals surface area contributed by atoms with E-state index >= 15 is 0 Å². The zero-order valence-corrected chi connectivity index (χ0v) is 10.5. The van der Waals surface area contributed by atoms with Crippen LogP contribution in [0.25, 0.3) is 0 Å². The number of carbonyl (C=O) groups excluding carboxylic acids is 1. The van der Waals surface area contributed by atoms with Crippen molar-refractivity contribution in [1.82, 2.24) is 6.23 Å². The van der Waals surface area contributed by atoms with Crippen molar-refractivity contribution in [2.45, 2.75) is 27.7 Å². The van der Waals surface area contributed by atoms with Gasteiger partial charge in [0.2, 0.25) is 0 Å². The van der Waals surface area contributed by atoms with Crippen LogP contribution >= 0.6 is 0 Å². The van der Waals surface area contributed by atoms with Crippen molar-refractivity contribution in [2.75, 3.05) is 19.6 Å². The average molecular weight is 285 g/mol. The van der Waals surface area contributed by atoms with E-state index in [4.69, 9.17) is 0 Å². The molecule has 0 fully saturated rings. The SMILES string of the molecule is CCN(CC)[I-]N(CC)C(C)=O. The molecule has 3 nitrogen and oxygen atoms in total. The van der Waals surface area contributed by atoms with Gasteiger partial charge in [-0.15, -0.1) is 0 Å². The van der Waals surface area contributed by atoms with Crippen LogP contribution < -0.4 is 21.8 Å². The Bertz CT molecular complexity index is 137. The van der Waals surface area contributed by atoms with Gasteiger partial charge < -0.3 is 0 Å². The third-order valence-electron chi connectivity index (χ3n) is 1.50. The quantitative estimate of drug-likeness (QED) is 0.436. The number of rotatable bonds is 5. The van der Waals surface area contributed by atoms with Crippen LogP contribution in [0.3, 0.4) is 0 Å². The number of amides is 1. The van der Waals surface area contributed by atoms with E-state index in [0.717, 1.165) is 19.6 Å². The van der Waals surface area contributed by atoms with Crippen LogP contribution in [0.15, 0.2) is 0 Å². The van der Waals surface area contributed by atoms with Gasteiger partial charge in [0.25, 0.3) is 0 Å². The molecule has 1 amide bonds. The topological polar surface area (TPSA) is 23.6 Å². The van der Waals surface area contributed by atoms with Crippen molar-refractivity contribution in [3.63, 3.8) is 0 Å². The molecule has 0 aliphatic carbocycles. The monoisotopic (exact) mass is 285 g/mol. The molecular formula is C8H18IN2O-. The Morgan fingerprint density at radius 2 is 1.67 bits per heavy atom. The van der Waals surface area contributed by atoms with Gasteiger partial charge in [-0.3, -0.25) is 0 Å². The Morgan fingerprint density at radius 1 is 1.17 bits per heavy atom. The summed E-state index contributed by atoms with van der Waals surface area (Å²) < 4.78 is 4.29. The van der Waals surface area contributed by atoms with E-state index in [9.17, 15) is 4.79 Å². The Hall–Kier alpha value is 0.160. The fraction of sp³-hybridized carbons (Fsp3) is 0.875. The summed E-state index contributed by atoms with van der Waals surface area (Å²) in [7, 11) is 0. The molecule has 0 unspecified atom stereocenters. The van der Waals surface area contributed by atoms with Crippen molar-refractivity contribution >= 4 is 5.91 Å². The van der Waals surface area contributed by atoms with Crippen LogP contribution in [-0.2, 0) is 4.79 Å². The van der Waals surface area contributed by atoms with Crippen LogP contribution in [-0.4, -0.2) is 31.8 Å². The van der Waals surface area contributed by atoms with Gasteiger partial charge >= 0.3 is 86.0 Å². The second kappa shape index (κ2) is 6.65. The van der Waals surface area contributed by atoms with Gasteiger partial charge in [-0.25, -0.2) is 0 Å². The molecule has 0 aromatic heterocycles. The van der Waals surface area contributed by atoms with E-state index in [1.165, 1.54) is 0 Å². The molecule has 0 saturated carbocycles. The van der Waals surface area contributed by atoms with Crippen molar-refractivity contribution < 1.29 is 26.5 Å². The van der Waals surface area contributed by atoms with Crippen LogP contribution in [0.2, 0.25) is 0 Å². The molecule has 0 aliphatic heterocycles. The summed E-state index contributed by atoms with van der Waals surface area (Å²) >= 11 is -0.230. The first-order valence-electron chi connectivity index (χ1n) is 4.34. The van der Waals surface area contributed by atoms with Crippen LogP contribution in [0, 0.1) is 0 Å². The fourth-order valence-electron chi connectivity index (χ4n) is 0.789. The maximum atomic E-state index is 11.1. The molecule has 74 valence electrons. The molecule has 4 heteroatoms. The van der Waals surface area contributed by atoms with E-state index in [1.807, 2.05) is 10.0 Å². The van der Waals surface area contributed by atoms with E-state index in [0.29, 0.717) is 0 Å². The molecule has 0 aliphatic rings. The molecule has 0 aromatic rings. The van der Waals surface area contributed by atoms with Crippen molar-refractivity contribution in [3.8, 4) is 0 Å². The Labute approximate surface area is 86.1 Å². The van der Waals surface area contributed by atoms with Crippen molar-refractivity contribution in [2.24, 2.45) is 0 Å². The molecule has 0 bridgehead atoms. The minimum absolute atomic E-state index is 0.206. The molecular weight excluding hydrogens is 267 g/mol. The molecule has 0 N–H and O–H groups in total. The summed E-state index contributed by atoms with van der Waals surface area (Å²) in [6, 6.07) is 0. The maximum absolute atomic E-state index is 11.1. The van der Waals surface area contributed by atoms with E-state index in [2.05, 4.69) is 17.0 Å². The predicted molar refractivity (Wildman–Crippen MR) is 46.0 cm³/mol. The van der Waals surface area contributed by atoms with Gasteiger partial charge in [0.1, 0.15) is 0 Å². The van der Waals surface area contributed by atoms with Gasteiger partial charge in [0.05, 0.1) is 0 Å². The number of halogens is 1. The summed E-state index contributed by atoms with van der Waals surface area (Å²) in [5.41, 5.74) is 0. The normalized spacial score (nSPS) is 10.8. The third-order valence-corrected chi connectivity index (χ3v) is 5.36. The van der Waals surface area contributed by atoms with E-state index in [1.54, 1.807) is 6.92 Å². The zero-order valence-electron chi connectivity index (χ0n) is 8.30. The van der Waals surface area contributed by atoms with Crippen molar-refractivity contribution in [3.05, 3.63) is 0 Å². The van der Waals surface area contributed by atoms with Crippen LogP contribution in [0.5, 0.6) is 0 Å². The fourth-order valence-corrected chi connectivity index (χ4v) is 2.74. The number of hydrogen-bond acceptors (Lipinski definition) is 2. The Kier molecular flexibility index (Phi) is 6.74. The first-order chi connectivity index (χ1) is 5.65. The molecule has 12 heavy (non-hydrogen) atoms. The first-order valence-corrected chi connectivity index (χ1v) is 6.27. The molecule has 0 rings (SSSR count). The molecule has 0 atom stereocenters. The number of carbonyl (C=O) groups is 1. The summed E-state index contributed by atoms with van der Waals surface area (Å²) in [5.74, 6) is 0.206. The third kappa shape index (κ3) is 4.25. The summed E-state index contributed by atoms with van der Waals surface area (Å²) in [6.07, 6.45) is 0. The summed E-state index contributed by atoms with van der Waals surface area (Å²) in [4.78, 5) is 11.1. The Morgan fingerprint density at radius 3 is 1.92 bits per heavy atom. The van der Waals surface area contributed by atoms with Gasteiger partial charge in [-0.2, -0.15) is 0 Å². The minimum atomic E-state index is -0.230. The van der Waals surface area contributed by atoms with Gasteiger partial charge in [0.15, 0.2) is 0 Å². The number of nitrogens with zero attached hydrogens (tertiary/aromatic N) is 2. The van der Waals surface area contributed by atoms with E-state index < -0.39 is 0 Å². The average Bonchev–Trinajstić information content (AvgIpc) is 2.06. The zero-order chi connectivity index (χ0) is 9.56. The molecule has 0 spiro atoms. The molecule has 0 saturated heterocycles. The summed E-state index contributed by atoms with van der Waals surface area (Å²) in [6.45, 7) is 10.9. The standard InChI is InChI=1S/C8H18IN2O/c1-5-10(6-2)9-11(7-3)8(4)12/h5-7H2,1-4H3/q-1. The van der Waals surface area contributed by atoms with Crippen LogP contribution in [0.1, 0.15) is 27.7 Å². The first kappa shape index (κ1) is 12.2. The second-order valence-electron chi connectivity index (χ2n) is 2.37. The summed E-state index contributed by atoms with van der Waals surface area (Å²) in [5, 5.41) is 0. The van der Waals surface area contributed by atoms with Crippen molar-refractivity contribution in [1.29, 1.82) is 0 Å². The Balaban J connectivity index is 3.91. The predicted octanol–water partition coefficient (Wildman–Crippen LogP) is -1.88. The van der Waals surface area contributed by atoms with Gasteiger partial charge in [0, 0.05) is 0 Å². The second-order valence-corrected chi connectivity index (χ2v) is 5.33. The van der Waals surface area contributed by atoms with E-state index in [-0.39, 0.29) is 27.7 Å². The van der Waals surface area contributed by atoms with Gasteiger partial charge in [-0.05, 0) is 0 Å². The molecule has 0 heterocycles. The van der Waals surface area contributed by atoms with Gasteiger partial charge in [-0.1, -0.05) is 0 Å². The molecule has 0 aromatic carbocycles. The number of hydrogen-bond donors (Lipinski definition) is 0. The molecule has 0 radical (unpaired) electrons.